The lowest BCUT2D eigenvalue weighted by Gasteiger charge is -2.22. The number of anilines is 2. The number of nitrogens with one attached hydrogen (secondary N) is 1. The second kappa shape index (κ2) is 7.63. The molecule has 0 saturated carbocycles. The van der Waals surface area contributed by atoms with Crippen LogP contribution in [0.4, 0.5) is 15.8 Å². The number of rotatable bonds is 3. The molecule has 1 N–H and O–H groups in total. The summed E-state index contributed by atoms with van der Waals surface area (Å²) in [5.74, 6) is 0.288. The second-order valence-electron chi connectivity index (χ2n) is 7.46. The monoisotopic (exact) mass is 400 g/mol. The number of aryl methyl sites for hydroxylation is 1. The molecule has 0 atom stereocenters. The Hall–Kier alpha value is -3.67. The number of fused-ring (bicyclic) bond motifs is 3. The van der Waals surface area contributed by atoms with Gasteiger partial charge in [-0.15, -0.1) is 0 Å². The van der Waals surface area contributed by atoms with E-state index < -0.39 is 5.82 Å². The molecule has 2 heterocycles. The largest absolute Gasteiger partial charge is 0.364 e. The predicted molar refractivity (Wildman–Crippen MR) is 116 cm³/mol. The lowest BCUT2D eigenvalue weighted by molar-refractivity contribution is 0.102. The molecule has 5 rings (SSSR count). The van der Waals surface area contributed by atoms with E-state index in [1.807, 2.05) is 42.5 Å². The average molecular weight is 400 g/mol. The van der Waals surface area contributed by atoms with Crippen LogP contribution in [-0.4, -0.2) is 22.0 Å². The van der Waals surface area contributed by atoms with Crippen LogP contribution in [0.5, 0.6) is 0 Å². The predicted octanol–water partition coefficient (Wildman–Crippen LogP) is 4.84. The highest BCUT2D eigenvalue weighted by Crippen LogP contribution is 2.26. The van der Waals surface area contributed by atoms with Crippen LogP contribution < -0.4 is 10.2 Å². The molecule has 4 aromatic rings. The maximum Gasteiger partial charge on any atom is 0.255 e. The van der Waals surface area contributed by atoms with Crippen molar-refractivity contribution in [1.29, 1.82) is 0 Å². The van der Waals surface area contributed by atoms with E-state index in [2.05, 4.69) is 20.9 Å². The van der Waals surface area contributed by atoms with E-state index in [0.717, 1.165) is 36.5 Å². The van der Waals surface area contributed by atoms with Crippen molar-refractivity contribution in [3.8, 4) is 0 Å². The summed E-state index contributed by atoms with van der Waals surface area (Å²) < 4.78 is 15.7. The zero-order valence-corrected chi connectivity index (χ0v) is 16.4. The van der Waals surface area contributed by atoms with Gasteiger partial charge in [-0.2, -0.15) is 0 Å². The first-order valence-electron chi connectivity index (χ1n) is 10.0. The Morgan fingerprint density at radius 1 is 0.967 bits per heavy atom. The molecule has 5 nitrogen and oxygen atoms in total. The van der Waals surface area contributed by atoms with Gasteiger partial charge in [0.05, 0.1) is 17.6 Å². The van der Waals surface area contributed by atoms with Gasteiger partial charge in [0.25, 0.3) is 5.91 Å². The van der Waals surface area contributed by atoms with E-state index >= 15 is 0 Å². The van der Waals surface area contributed by atoms with Crippen molar-refractivity contribution in [2.45, 2.75) is 19.5 Å². The molecular formula is C24H21FN4O. The molecule has 30 heavy (non-hydrogen) atoms. The molecule has 1 aliphatic heterocycles. The third-order valence-electron chi connectivity index (χ3n) is 5.43. The fourth-order valence-corrected chi connectivity index (χ4v) is 4.00. The fraction of sp³-hybridized carbons (Fsp3) is 0.167. The van der Waals surface area contributed by atoms with Gasteiger partial charge < -0.3 is 14.8 Å². The first-order chi connectivity index (χ1) is 14.7. The van der Waals surface area contributed by atoms with Gasteiger partial charge in [-0.25, -0.2) is 9.37 Å². The van der Waals surface area contributed by atoms with E-state index in [1.165, 1.54) is 23.7 Å². The maximum absolute atomic E-state index is 13.4. The van der Waals surface area contributed by atoms with Crippen LogP contribution in [-0.2, 0) is 13.1 Å². The van der Waals surface area contributed by atoms with Crippen molar-refractivity contribution >= 4 is 28.3 Å². The molecule has 0 spiro atoms. The number of carbonyl (C=O) groups excluding carboxylic acids is 1. The summed E-state index contributed by atoms with van der Waals surface area (Å²) in [4.78, 5) is 19.6. The van der Waals surface area contributed by atoms with Gasteiger partial charge in [0, 0.05) is 30.0 Å². The van der Waals surface area contributed by atoms with Crippen LogP contribution in [0.1, 0.15) is 22.6 Å². The molecule has 0 saturated heterocycles. The van der Waals surface area contributed by atoms with E-state index in [4.69, 9.17) is 4.98 Å². The van der Waals surface area contributed by atoms with E-state index in [-0.39, 0.29) is 5.91 Å². The highest BCUT2D eigenvalue weighted by Gasteiger charge is 2.19. The molecule has 1 aliphatic rings. The number of carbonyl (C=O) groups is 1. The van der Waals surface area contributed by atoms with Gasteiger partial charge in [0.2, 0.25) is 0 Å². The van der Waals surface area contributed by atoms with Crippen molar-refractivity contribution in [2.75, 3.05) is 16.8 Å². The minimum absolute atomic E-state index is 0.295. The molecule has 0 radical (unpaired) electrons. The van der Waals surface area contributed by atoms with Crippen molar-refractivity contribution in [1.82, 2.24) is 9.55 Å². The standard InChI is InChI=1S/C24H21FN4O/c25-18-7-3-6-17(14-18)24(30)26-19-8-4-9-20(15-19)28-12-5-13-29-22-11-2-1-10-21(22)27-23(29)16-28/h1-4,6-11,14-15H,5,12-13,16H2,(H,26,30). The van der Waals surface area contributed by atoms with Gasteiger partial charge in [0.1, 0.15) is 11.6 Å². The fourth-order valence-electron chi connectivity index (χ4n) is 4.00. The number of aromatic nitrogens is 2. The summed E-state index contributed by atoms with van der Waals surface area (Å²) >= 11 is 0. The van der Waals surface area contributed by atoms with Crippen molar-refractivity contribution in [3.63, 3.8) is 0 Å². The Bertz CT molecular complexity index is 1230. The van der Waals surface area contributed by atoms with Crippen LogP contribution in [0.3, 0.4) is 0 Å². The first kappa shape index (κ1) is 18.4. The van der Waals surface area contributed by atoms with Crippen LogP contribution >= 0.6 is 0 Å². The topological polar surface area (TPSA) is 50.2 Å². The molecule has 0 unspecified atom stereocenters. The Kier molecular flexibility index (Phi) is 4.67. The Balaban J connectivity index is 1.39. The van der Waals surface area contributed by atoms with Crippen LogP contribution in [0, 0.1) is 5.82 Å². The highest BCUT2D eigenvalue weighted by atomic mass is 19.1. The quantitative estimate of drug-likeness (QED) is 0.535. The summed E-state index contributed by atoms with van der Waals surface area (Å²) in [5, 5.41) is 2.87. The van der Waals surface area contributed by atoms with Gasteiger partial charge in [-0.3, -0.25) is 4.79 Å². The minimum Gasteiger partial charge on any atom is -0.364 e. The summed E-state index contributed by atoms with van der Waals surface area (Å²) in [6, 6.07) is 21.7. The van der Waals surface area contributed by atoms with Crippen LogP contribution in [0.2, 0.25) is 0 Å². The maximum atomic E-state index is 13.4. The number of benzene rings is 3. The summed E-state index contributed by atoms with van der Waals surface area (Å²) in [7, 11) is 0. The van der Waals surface area contributed by atoms with E-state index in [9.17, 15) is 9.18 Å². The molecule has 1 amide bonds. The number of hydrogen-bond acceptors (Lipinski definition) is 3. The van der Waals surface area contributed by atoms with Crippen molar-refractivity contribution in [3.05, 3.63) is 90.0 Å². The van der Waals surface area contributed by atoms with Gasteiger partial charge in [0.15, 0.2) is 0 Å². The molecular weight excluding hydrogens is 379 g/mol. The third-order valence-corrected chi connectivity index (χ3v) is 5.43. The Morgan fingerprint density at radius 2 is 1.83 bits per heavy atom. The van der Waals surface area contributed by atoms with E-state index in [0.29, 0.717) is 17.8 Å². The Morgan fingerprint density at radius 3 is 2.73 bits per heavy atom. The summed E-state index contributed by atoms with van der Waals surface area (Å²) in [6.07, 6.45) is 1.01. The van der Waals surface area contributed by atoms with Crippen LogP contribution in [0.15, 0.2) is 72.8 Å². The summed E-state index contributed by atoms with van der Waals surface area (Å²) in [5.41, 5.74) is 4.19. The highest BCUT2D eigenvalue weighted by molar-refractivity contribution is 6.04. The molecule has 0 aliphatic carbocycles. The first-order valence-corrected chi connectivity index (χ1v) is 10.0. The van der Waals surface area contributed by atoms with Gasteiger partial charge in [-0.05, 0) is 55.0 Å². The lowest BCUT2D eigenvalue weighted by atomic mass is 10.2. The zero-order chi connectivity index (χ0) is 20.5. The number of amides is 1. The molecule has 6 heteroatoms. The molecule has 3 aromatic carbocycles. The average Bonchev–Trinajstić information content (AvgIpc) is 2.96. The van der Waals surface area contributed by atoms with Crippen LogP contribution in [0.25, 0.3) is 11.0 Å². The normalized spacial score (nSPS) is 13.7. The number of para-hydroxylation sites is 2. The smallest absolute Gasteiger partial charge is 0.255 e. The number of halogens is 1. The number of imidazole rings is 1. The third kappa shape index (κ3) is 3.52. The minimum atomic E-state index is -0.427. The molecule has 0 bridgehead atoms. The van der Waals surface area contributed by atoms with Gasteiger partial charge >= 0.3 is 0 Å². The Labute approximate surface area is 173 Å². The number of hydrogen-bond donors (Lipinski definition) is 1. The second-order valence-corrected chi connectivity index (χ2v) is 7.46. The number of nitrogens with zero attached hydrogens (tertiary/aromatic N) is 3. The molecule has 0 fully saturated rings. The van der Waals surface area contributed by atoms with Gasteiger partial charge in [-0.1, -0.05) is 24.3 Å². The lowest BCUT2D eigenvalue weighted by Crippen LogP contribution is -2.23. The van der Waals surface area contributed by atoms with Crippen molar-refractivity contribution < 1.29 is 9.18 Å². The van der Waals surface area contributed by atoms with E-state index in [1.54, 1.807) is 6.07 Å². The van der Waals surface area contributed by atoms with Crippen molar-refractivity contribution in [2.24, 2.45) is 0 Å². The molecule has 1 aromatic heterocycles. The summed E-state index contributed by atoms with van der Waals surface area (Å²) in [6.45, 7) is 2.54. The SMILES string of the molecule is O=C(Nc1cccc(N2CCCn3c(nc4ccccc43)C2)c1)c1cccc(F)c1. The zero-order valence-electron chi connectivity index (χ0n) is 16.4. The molecule has 150 valence electrons.